The summed E-state index contributed by atoms with van der Waals surface area (Å²) in [6.45, 7) is 2.06. The van der Waals surface area contributed by atoms with Crippen molar-refractivity contribution in [2.45, 2.75) is 38.5 Å². The van der Waals surface area contributed by atoms with Gasteiger partial charge in [-0.2, -0.15) is 22.0 Å². The SMILES string of the molecule is CCCCc1ccc(-c2cc(F)c(OC(F)(F)c3ccc(-c4cc(F)c(C(F)(F)F)c(F)c4)c(F)c3)c(Cl)c2)cc1. The summed E-state index contributed by atoms with van der Waals surface area (Å²) >= 11 is 6.07. The van der Waals surface area contributed by atoms with Crippen molar-refractivity contribution in [1.29, 1.82) is 0 Å². The van der Waals surface area contributed by atoms with Gasteiger partial charge in [-0.25, -0.2) is 17.6 Å². The van der Waals surface area contributed by atoms with Gasteiger partial charge < -0.3 is 4.74 Å². The van der Waals surface area contributed by atoms with Crippen molar-refractivity contribution < 1.29 is 44.3 Å². The number of unbranched alkanes of at least 4 members (excludes halogenated alkanes) is 1. The Morgan fingerprint density at radius 1 is 0.683 bits per heavy atom. The minimum Gasteiger partial charge on any atom is -0.424 e. The van der Waals surface area contributed by atoms with Gasteiger partial charge in [0, 0.05) is 5.56 Å². The van der Waals surface area contributed by atoms with Crippen molar-refractivity contribution >= 4 is 11.6 Å². The maximum Gasteiger partial charge on any atom is 0.426 e. The van der Waals surface area contributed by atoms with E-state index in [4.69, 9.17) is 11.6 Å². The van der Waals surface area contributed by atoms with Gasteiger partial charge >= 0.3 is 12.3 Å². The van der Waals surface area contributed by atoms with Crippen LogP contribution in [-0.4, -0.2) is 0 Å². The van der Waals surface area contributed by atoms with Gasteiger partial charge in [-0.15, -0.1) is 0 Å². The van der Waals surface area contributed by atoms with Gasteiger partial charge in [-0.3, -0.25) is 0 Å². The molecule has 0 N–H and O–H groups in total. The Kier molecular flexibility index (Phi) is 8.63. The van der Waals surface area contributed by atoms with Gasteiger partial charge in [0.05, 0.1) is 10.6 Å². The maximum atomic E-state index is 14.9. The summed E-state index contributed by atoms with van der Waals surface area (Å²) in [6, 6.07) is 11.4. The molecule has 4 rings (SSSR count). The van der Waals surface area contributed by atoms with Crippen LogP contribution in [0, 0.1) is 23.3 Å². The molecule has 0 radical (unpaired) electrons. The molecule has 0 atom stereocenters. The summed E-state index contributed by atoms with van der Waals surface area (Å²) in [5.41, 5.74) is -2.65. The Hall–Kier alpha value is -3.66. The average Bonchev–Trinajstić information content (AvgIpc) is 2.88. The molecule has 0 aliphatic rings. The summed E-state index contributed by atoms with van der Waals surface area (Å²) in [7, 11) is 0. The zero-order valence-corrected chi connectivity index (χ0v) is 21.9. The minimum atomic E-state index is -5.35. The highest BCUT2D eigenvalue weighted by atomic mass is 35.5. The zero-order chi connectivity index (χ0) is 30.1. The Morgan fingerprint density at radius 3 is 1.83 bits per heavy atom. The van der Waals surface area contributed by atoms with E-state index in [1.807, 2.05) is 12.1 Å². The maximum absolute atomic E-state index is 14.9. The van der Waals surface area contributed by atoms with Gasteiger partial charge in [0.1, 0.15) is 23.0 Å². The van der Waals surface area contributed by atoms with Gasteiger partial charge in [0.25, 0.3) is 0 Å². The Bertz CT molecular complexity index is 1520. The molecular formula is C30H20ClF9O. The number of alkyl halides is 5. The summed E-state index contributed by atoms with van der Waals surface area (Å²) in [6.07, 6.45) is -6.79. The van der Waals surface area contributed by atoms with Crippen LogP contribution in [0.3, 0.4) is 0 Å². The van der Waals surface area contributed by atoms with E-state index in [0.29, 0.717) is 23.3 Å². The van der Waals surface area contributed by atoms with E-state index in [1.165, 1.54) is 6.07 Å². The van der Waals surface area contributed by atoms with Crippen LogP contribution in [0.4, 0.5) is 39.5 Å². The van der Waals surface area contributed by atoms with Crippen LogP contribution in [0.1, 0.15) is 36.5 Å². The van der Waals surface area contributed by atoms with Crippen LogP contribution in [0.5, 0.6) is 5.75 Å². The molecule has 0 fully saturated rings. The molecule has 0 amide bonds. The van der Waals surface area contributed by atoms with Gasteiger partial charge in [-0.1, -0.05) is 55.3 Å². The molecule has 0 aliphatic carbocycles. The number of hydrogen-bond donors (Lipinski definition) is 0. The summed E-state index contributed by atoms with van der Waals surface area (Å²) < 4.78 is 130. The quantitative estimate of drug-likeness (QED) is 0.182. The number of hydrogen-bond acceptors (Lipinski definition) is 1. The molecule has 0 heterocycles. The fourth-order valence-corrected chi connectivity index (χ4v) is 4.43. The molecule has 0 bridgehead atoms. The average molecular weight is 603 g/mol. The molecule has 0 saturated carbocycles. The van der Waals surface area contributed by atoms with Crippen molar-refractivity contribution in [3.8, 4) is 28.0 Å². The second-order valence-corrected chi connectivity index (χ2v) is 9.60. The molecule has 1 nitrogen and oxygen atoms in total. The summed E-state index contributed by atoms with van der Waals surface area (Å²) in [4.78, 5) is 0. The Balaban J connectivity index is 1.59. The van der Waals surface area contributed by atoms with Crippen molar-refractivity contribution in [2.75, 3.05) is 0 Å². The number of ether oxygens (including phenoxy) is 1. The molecule has 41 heavy (non-hydrogen) atoms. The third-order valence-electron chi connectivity index (χ3n) is 6.28. The standard InChI is InChI=1S/C30H20ClF9O/c1-2-3-4-16-5-7-17(8-6-16)18-11-22(31)28(26(35)12-18)41-30(39,40)20-9-10-21(23(32)15-20)19-13-24(33)27(25(34)14-19)29(36,37)38/h5-15H,2-4H2,1H3. The van der Waals surface area contributed by atoms with E-state index in [-0.39, 0.29) is 18.2 Å². The number of benzene rings is 4. The molecular weight excluding hydrogens is 583 g/mol. The Labute approximate surface area is 234 Å². The molecule has 0 saturated heterocycles. The first-order chi connectivity index (χ1) is 19.2. The van der Waals surface area contributed by atoms with E-state index in [0.717, 1.165) is 30.9 Å². The van der Waals surface area contributed by atoms with Crippen molar-refractivity contribution in [1.82, 2.24) is 0 Å². The van der Waals surface area contributed by atoms with Crippen LogP contribution >= 0.6 is 11.6 Å². The fraction of sp³-hybridized carbons (Fsp3) is 0.200. The van der Waals surface area contributed by atoms with E-state index >= 15 is 0 Å². The highest BCUT2D eigenvalue weighted by Crippen LogP contribution is 2.41. The molecule has 0 unspecified atom stereocenters. The van der Waals surface area contributed by atoms with Gasteiger partial charge in [-0.05, 0) is 71.5 Å². The van der Waals surface area contributed by atoms with Crippen LogP contribution in [-0.2, 0) is 18.7 Å². The fourth-order valence-electron chi connectivity index (χ4n) is 4.19. The molecule has 4 aromatic carbocycles. The summed E-state index contributed by atoms with van der Waals surface area (Å²) in [5.74, 6) is -7.68. The second-order valence-electron chi connectivity index (χ2n) is 9.20. The third-order valence-corrected chi connectivity index (χ3v) is 6.56. The van der Waals surface area contributed by atoms with E-state index in [9.17, 15) is 39.5 Å². The lowest BCUT2D eigenvalue weighted by Crippen LogP contribution is -2.23. The smallest absolute Gasteiger partial charge is 0.424 e. The van der Waals surface area contributed by atoms with E-state index < -0.39 is 68.6 Å². The van der Waals surface area contributed by atoms with Crippen LogP contribution < -0.4 is 4.74 Å². The van der Waals surface area contributed by atoms with E-state index in [1.54, 1.807) is 12.1 Å². The lowest BCUT2D eigenvalue weighted by molar-refractivity contribution is -0.187. The predicted octanol–water partition coefficient (Wildman–Crippen LogP) is 10.7. The Morgan fingerprint density at radius 2 is 1.29 bits per heavy atom. The topological polar surface area (TPSA) is 9.23 Å². The van der Waals surface area contributed by atoms with Crippen molar-refractivity contribution in [3.63, 3.8) is 0 Å². The molecule has 0 spiro atoms. The molecule has 4 aromatic rings. The number of aryl methyl sites for hydroxylation is 1. The third kappa shape index (κ3) is 6.64. The predicted molar refractivity (Wildman–Crippen MR) is 137 cm³/mol. The molecule has 11 heteroatoms. The van der Waals surface area contributed by atoms with Gasteiger partial charge in [0.2, 0.25) is 0 Å². The van der Waals surface area contributed by atoms with Crippen molar-refractivity contribution in [2.24, 2.45) is 0 Å². The van der Waals surface area contributed by atoms with Crippen LogP contribution in [0.2, 0.25) is 5.02 Å². The normalized spacial score (nSPS) is 12.1. The van der Waals surface area contributed by atoms with Crippen LogP contribution in [0.25, 0.3) is 22.3 Å². The highest BCUT2D eigenvalue weighted by molar-refractivity contribution is 6.32. The molecule has 0 aliphatic heterocycles. The first-order valence-corrected chi connectivity index (χ1v) is 12.6. The largest absolute Gasteiger partial charge is 0.426 e. The number of halogens is 10. The van der Waals surface area contributed by atoms with Crippen molar-refractivity contribution in [3.05, 3.63) is 112 Å². The zero-order valence-electron chi connectivity index (χ0n) is 21.2. The summed E-state index contributed by atoms with van der Waals surface area (Å²) in [5, 5.41) is -0.484. The first-order valence-electron chi connectivity index (χ1n) is 12.2. The first kappa shape index (κ1) is 30.3. The van der Waals surface area contributed by atoms with Gasteiger partial charge in [0.15, 0.2) is 11.6 Å². The van der Waals surface area contributed by atoms with Crippen LogP contribution in [0.15, 0.2) is 66.7 Å². The lowest BCUT2D eigenvalue weighted by Gasteiger charge is -2.20. The molecule has 216 valence electrons. The molecule has 0 aromatic heterocycles. The lowest BCUT2D eigenvalue weighted by atomic mass is 10.00. The second kappa shape index (κ2) is 11.7. The monoisotopic (exact) mass is 602 g/mol. The highest BCUT2D eigenvalue weighted by Gasteiger charge is 2.39. The van der Waals surface area contributed by atoms with E-state index in [2.05, 4.69) is 11.7 Å². The minimum absolute atomic E-state index is 0.230. The number of rotatable bonds is 8.